The first-order valence-electron chi connectivity index (χ1n) is 8.85. The number of halogens is 1. The fourth-order valence-corrected chi connectivity index (χ4v) is 3.73. The lowest BCUT2D eigenvalue weighted by Gasteiger charge is -2.37. The van der Waals surface area contributed by atoms with Crippen molar-refractivity contribution in [3.63, 3.8) is 0 Å². The molecule has 1 N–H and O–H groups in total. The number of aryl methyl sites for hydroxylation is 1. The van der Waals surface area contributed by atoms with Crippen molar-refractivity contribution in [2.75, 3.05) is 44.7 Å². The van der Waals surface area contributed by atoms with Crippen LogP contribution in [0.3, 0.4) is 0 Å². The number of nitrogens with one attached hydrogen (secondary N) is 1. The van der Waals surface area contributed by atoms with Gasteiger partial charge in [0.15, 0.2) is 5.96 Å². The van der Waals surface area contributed by atoms with Crippen LogP contribution < -0.4 is 10.2 Å². The van der Waals surface area contributed by atoms with E-state index in [1.54, 1.807) is 11.3 Å². The van der Waals surface area contributed by atoms with Crippen LogP contribution in [0, 0.1) is 0 Å². The summed E-state index contributed by atoms with van der Waals surface area (Å²) in [6.07, 6.45) is 3.80. The summed E-state index contributed by atoms with van der Waals surface area (Å²) in [6.45, 7) is 6.83. The topological polar surface area (TPSA) is 56.7 Å². The van der Waals surface area contributed by atoms with Crippen molar-refractivity contribution in [2.45, 2.75) is 19.8 Å². The minimum Gasteiger partial charge on any atom is -0.356 e. The maximum absolute atomic E-state index is 4.62. The second-order valence-corrected chi connectivity index (χ2v) is 6.91. The average molecular weight is 486 g/mol. The number of rotatable bonds is 5. The average Bonchev–Trinajstić information content (AvgIpc) is 3.14. The number of nitrogens with zero attached hydrogens (tertiary/aromatic N) is 5. The summed E-state index contributed by atoms with van der Waals surface area (Å²) in [7, 11) is 1.85. The van der Waals surface area contributed by atoms with Gasteiger partial charge in [0.1, 0.15) is 5.82 Å². The van der Waals surface area contributed by atoms with E-state index in [2.05, 4.69) is 48.4 Å². The highest BCUT2D eigenvalue weighted by molar-refractivity contribution is 14.0. The van der Waals surface area contributed by atoms with Crippen molar-refractivity contribution in [1.29, 1.82) is 0 Å². The fraction of sp³-hybridized carbons (Fsp3) is 0.500. The maximum Gasteiger partial charge on any atom is 0.193 e. The predicted octanol–water partition coefficient (Wildman–Crippen LogP) is 2.66. The van der Waals surface area contributed by atoms with Crippen LogP contribution in [0.5, 0.6) is 0 Å². The molecule has 26 heavy (non-hydrogen) atoms. The number of hydrogen-bond donors (Lipinski definition) is 1. The van der Waals surface area contributed by atoms with E-state index in [-0.39, 0.29) is 24.0 Å². The summed E-state index contributed by atoms with van der Waals surface area (Å²) >= 11 is 1.75. The van der Waals surface area contributed by atoms with Crippen molar-refractivity contribution in [1.82, 2.24) is 20.2 Å². The molecule has 0 unspecified atom stereocenters. The summed E-state index contributed by atoms with van der Waals surface area (Å²) < 4.78 is 0. The van der Waals surface area contributed by atoms with Crippen LogP contribution in [0.4, 0.5) is 5.82 Å². The van der Waals surface area contributed by atoms with Crippen LogP contribution in [0.15, 0.2) is 34.8 Å². The Balaban J connectivity index is 0.00000243. The normalized spacial score (nSPS) is 14.9. The molecule has 0 amide bonds. The molecule has 0 saturated carbocycles. The molecule has 8 heteroatoms. The summed E-state index contributed by atoms with van der Waals surface area (Å²) in [5, 5.41) is 6.85. The number of pyridine rings is 1. The largest absolute Gasteiger partial charge is 0.356 e. The highest BCUT2D eigenvalue weighted by Gasteiger charge is 2.20. The van der Waals surface area contributed by atoms with E-state index < -0.39 is 0 Å². The van der Waals surface area contributed by atoms with Crippen LogP contribution >= 0.6 is 35.3 Å². The minimum atomic E-state index is 0. The molecule has 1 fully saturated rings. The van der Waals surface area contributed by atoms with Crippen molar-refractivity contribution in [3.05, 3.63) is 40.5 Å². The van der Waals surface area contributed by atoms with Crippen molar-refractivity contribution in [2.24, 2.45) is 4.99 Å². The molecule has 2 aromatic rings. The van der Waals surface area contributed by atoms with Gasteiger partial charge in [-0.25, -0.2) is 9.97 Å². The van der Waals surface area contributed by atoms with Gasteiger partial charge in [0, 0.05) is 57.8 Å². The monoisotopic (exact) mass is 486 g/mol. The second-order valence-electron chi connectivity index (χ2n) is 5.97. The van der Waals surface area contributed by atoms with Crippen LogP contribution in [0.2, 0.25) is 0 Å². The van der Waals surface area contributed by atoms with Crippen LogP contribution in [0.1, 0.15) is 17.6 Å². The zero-order valence-electron chi connectivity index (χ0n) is 15.4. The molecule has 3 heterocycles. The summed E-state index contributed by atoms with van der Waals surface area (Å²) in [5.74, 6) is 2.03. The van der Waals surface area contributed by atoms with Gasteiger partial charge in [-0.15, -0.1) is 35.3 Å². The lowest BCUT2D eigenvalue weighted by atomic mass is 10.3. The van der Waals surface area contributed by atoms with Gasteiger partial charge >= 0.3 is 0 Å². The smallest absolute Gasteiger partial charge is 0.193 e. The van der Waals surface area contributed by atoms with Crippen molar-refractivity contribution >= 4 is 47.1 Å². The fourth-order valence-electron chi connectivity index (χ4n) is 2.95. The molecular formula is C18H27IN6S. The minimum absolute atomic E-state index is 0. The molecule has 142 valence electrons. The number of aromatic nitrogens is 2. The number of guanidine groups is 1. The number of piperazine rings is 1. The van der Waals surface area contributed by atoms with E-state index in [1.165, 1.54) is 10.7 Å². The summed E-state index contributed by atoms with van der Waals surface area (Å²) in [4.78, 5) is 18.1. The first kappa shape index (κ1) is 20.9. The molecule has 0 spiro atoms. The van der Waals surface area contributed by atoms with E-state index in [1.807, 2.05) is 25.4 Å². The van der Waals surface area contributed by atoms with Gasteiger partial charge in [-0.3, -0.25) is 4.99 Å². The Morgan fingerprint density at radius 3 is 2.69 bits per heavy atom. The van der Waals surface area contributed by atoms with E-state index in [4.69, 9.17) is 0 Å². The maximum atomic E-state index is 4.62. The quantitative estimate of drug-likeness (QED) is 0.400. The third kappa shape index (κ3) is 5.54. The lowest BCUT2D eigenvalue weighted by Crippen LogP contribution is -2.53. The standard InChI is InChI=1S/C18H26N6S.HI/c1-3-17-22-15(14-25-17)7-9-21-18(19-2)24-12-10-23(11-13-24)16-6-4-5-8-20-16;/h4-6,8,14H,3,7,9-13H2,1-2H3,(H,19,21);1H. The first-order valence-corrected chi connectivity index (χ1v) is 9.73. The molecule has 1 aliphatic rings. The number of thiazole rings is 1. The lowest BCUT2D eigenvalue weighted by molar-refractivity contribution is 0.372. The number of hydrogen-bond acceptors (Lipinski definition) is 5. The van der Waals surface area contributed by atoms with Crippen LogP contribution in [0.25, 0.3) is 0 Å². The molecule has 2 aromatic heterocycles. The number of anilines is 1. The first-order chi connectivity index (χ1) is 12.3. The summed E-state index contributed by atoms with van der Waals surface area (Å²) in [6, 6.07) is 6.07. The molecule has 6 nitrogen and oxygen atoms in total. The highest BCUT2D eigenvalue weighted by Crippen LogP contribution is 2.13. The van der Waals surface area contributed by atoms with Gasteiger partial charge < -0.3 is 15.1 Å². The molecule has 0 atom stereocenters. The predicted molar refractivity (Wildman–Crippen MR) is 120 cm³/mol. The van der Waals surface area contributed by atoms with Crippen LogP contribution in [-0.4, -0.2) is 60.6 Å². The molecule has 0 bridgehead atoms. The van der Waals surface area contributed by atoms with E-state index in [9.17, 15) is 0 Å². The molecular weight excluding hydrogens is 459 g/mol. The molecule has 1 aliphatic heterocycles. The zero-order chi connectivity index (χ0) is 17.5. The molecule has 1 saturated heterocycles. The number of aliphatic imine (C=N–C) groups is 1. The Kier molecular flexibility index (Phi) is 8.56. The Labute approximate surface area is 176 Å². The molecule has 0 aromatic carbocycles. The van der Waals surface area contributed by atoms with Gasteiger partial charge in [-0.05, 0) is 18.6 Å². The van der Waals surface area contributed by atoms with Crippen molar-refractivity contribution in [3.8, 4) is 0 Å². The van der Waals surface area contributed by atoms with Crippen molar-refractivity contribution < 1.29 is 0 Å². The molecule has 0 radical (unpaired) electrons. The Morgan fingerprint density at radius 1 is 1.27 bits per heavy atom. The summed E-state index contributed by atoms with van der Waals surface area (Å²) in [5.41, 5.74) is 1.17. The Hall–Kier alpha value is -1.42. The van der Waals surface area contributed by atoms with Gasteiger partial charge in [-0.2, -0.15) is 0 Å². The molecule has 0 aliphatic carbocycles. The van der Waals surface area contributed by atoms with Gasteiger partial charge in [0.25, 0.3) is 0 Å². The SMILES string of the molecule is CCc1nc(CCNC(=NC)N2CCN(c3ccccn3)CC2)cs1.I. The van der Waals surface area contributed by atoms with Crippen LogP contribution in [-0.2, 0) is 12.8 Å². The third-order valence-corrected chi connectivity index (χ3v) is 5.37. The second kappa shape index (κ2) is 10.7. The van der Waals surface area contributed by atoms with Gasteiger partial charge in [0.05, 0.1) is 10.7 Å². The third-order valence-electron chi connectivity index (χ3n) is 4.33. The Bertz CT molecular complexity index is 682. The van der Waals surface area contributed by atoms with Gasteiger partial charge in [-0.1, -0.05) is 13.0 Å². The van der Waals surface area contributed by atoms with E-state index in [0.717, 1.165) is 57.3 Å². The van der Waals surface area contributed by atoms with Gasteiger partial charge in [0.2, 0.25) is 0 Å². The van der Waals surface area contributed by atoms with E-state index >= 15 is 0 Å². The zero-order valence-corrected chi connectivity index (χ0v) is 18.5. The Morgan fingerprint density at radius 2 is 2.08 bits per heavy atom. The highest BCUT2D eigenvalue weighted by atomic mass is 127. The van der Waals surface area contributed by atoms with E-state index in [0.29, 0.717) is 0 Å². The molecule has 3 rings (SSSR count).